The van der Waals surface area contributed by atoms with E-state index in [9.17, 15) is 0 Å². The van der Waals surface area contributed by atoms with E-state index in [-0.39, 0.29) is 0 Å². The lowest BCUT2D eigenvalue weighted by atomic mass is 9.83. The third kappa shape index (κ3) is 4.15. The molecule has 0 bridgehead atoms. The van der Waals surface area contributed by atoms with Gasteiger partial charge in [0.05, 0.1) is 0 Å². The topological polar surface area (TPSA) is 0 Å². The monoisotopic (exact) mass is 182 g/mol. The summed E-state index contributed by atoms with van der Waals surface area (Å²) < 4.78 is 0. The number of hydrogen-bond acceptors (Lipinski definition) is 0. The van der Waals surface area contributed by atoms with Crippen molar-refractivity contribution in [1.29, 1.82) is 0 Å². The first-order chi connectivity index (χ1) is 6.20. The molecule has 0 amide bonds. The molecule has 0 N–H and O–H groups in total. The third-order valence-electron chi connectivity index (χ3n) is 3.93. The molecule has 0 aromatic rings. The van der Waals surface area contributed by atoms with Crippen molar-refractivity contribution in [2.75, 3.05) is 0 Å². The van der Waals surface area contributed by atoms with E-state index in [1.807, 2.05) is 0 Å². The van der Waals surface area contributed by atoms with Crippen LogP contribution in [-0.4, -0.2) is 0 Å². The summed E-state index contributed by atoms with van der Waals surface area (Å²) in [6, 6.07) is 0. The van der Waals surface area contributed by atoms with Crippen molar-refractivity contribution in [1.82, 2.24) is 0 Å². The summed E-state index contributed by atoms with van der Waals surface area (Å²) >= 11 is 0. The first kappa shape index (κ1) is 11.1. The third-order valence-corrected chi connectivity index (χ3v) is 3.93. The molecule has 13 heavy (non-hydrogen) atoms. The second-order valence-electron chi connectivity index (χ2n) is 5.28. The average Bonchev–Trinajstić information content (AvgIpc) is 2.11. The van der Waals surface area contributed by atoms with Gasteiger partial charge in [-0.05, 0) is 17.8 Å². The van der Waals surface area contributed by atoms with Crippen molar-refractivity contribution in [3.05, 3.63) is 0 Å². The van der Waals surface area contributed by atoms with Crippen molar-refractivity contribution >= 4 is 0 Å². The van der Waals surface area contributed by atoms with Crippen molar-refractivity contribution in [2.45, 2.75) is 65.7 Å². The maximum atomic E-state index is 2.44. The molecule has 0 saturated heterocycles. The zero-order chi connectivity index (χ0) is 9.68. The van der Waals surface area contributed by atoms with Gasteiger partial charge in [-0.3, -0.25) is 0 Å². The highest BCUT2D eigenvalue weighted by atomic mass is 14.2. The first-order valence-electron chi connectivity index (χ1n) is 6.20. The van der Waals surface area contributed by atoms with Crippen molar-refractivity contribution in [3.63, 3.8) is 0 Å². The van der Waals surface area contributed by atoms with Gasteiger partial charge in [0.15, 0.2) is 0 Å². The van der Waals surface area contributed by atoms with Crippen LogP contribution in [0.5, 0.6) is 0 Å². The molecule has 0 aromatic heterocycles. The lowest BCUT2D eigenvalue weighted by molar-refractivity contribution is 0.294. The normalized spacial score (nSPS) is 38.5. The largest absolute Gasteiger partial charge is 0.0625 e. The minimum Gasteiger partial charge on any atom is -0.0625 e. The summed E-state index contributed by atoms with van der Waals surface area (Å²) in [5.41, 5.74) is 0. The lowest BCUT2D eigenvalue weighted by Crippen LogP contribution is -2.10. The standard InChI is InChI=1S/C13H26/c1-11-7-4-5-9-12(2)13(3)10-6-8-11/h11-13H,4-10H2,1-3H3/t11?,12-,13?/m0/s1. The molecular weight excluding hydrogens is 156 g/mol. The van der Waals surface area contributed by atoms with Gasteiger partial charge in [0, 0.05) is 0 Å². The molecule has 0 nitrogen and oxygen atoms in total. The summed E-state index contributed by atoms with van der Waals surface area (Å²) in [5.74, 6) is 2.92. The van der Waals surface area contributed by atoms with Crippen LogP contribution in [0.25, 0.3) is 0 Å². The quantitative estimate of drug-likeness (QED) is 0.512. The SMILES string of the molecule is CC1CCCC[C@H](C)C(C)CCC1. The molecule has 1 aliphatic carbocycles. The van der Waals surface area contributed by atoms with Crippen LogP contribution in [0.1, 0.15) is 65.7 Å². The fourth-order valence-corrected chi connectivity index (χ4v) is 2.46. The molecule has 1 saturated carbocycles. The Bertz CT molecular complexity index is 128. The molecule has 2 unspecified atom stereocenters. The summed E-state index contributed by atoms with van der Waals surface area (Å²) in [4.78, 5) is 0. The number of rotatable bonds is 0. The smallest absolute Gasteiger partial charge is 0.0417 e. The van der Waals surface area contributed by atoms with Crippen molar-refractivity contribution < 1.29 is 0 Å². The molecule has 0 heterocycles. The van der Waals surface area contributed by atoms with Gasteiger partial charge in [-0.15, -0.1) is 0 Å². The van der Waals surface area contributed by atoms with Gasteiger partial charge in [0.1, 0.15) is 0 Å². The summed E-state index contributed by atoms with van der Waals surface area (Å²) in [7, 11) is 0. The van der Waals surface area contributed by atoms with Crippen molar-refractivity contribution in [3.8, 4) is 0 Å². The van der Waals surface area contributed by atoms with E-state index in [1.54, 1.807) is 0 Å². The summed E-state index contributed by atoms with van der Waals surface area (Å²) in [6.07, 6.45) is 10.3. The molecule has 3 atom stereocenters. The molecule has 0 radical (unpaired) electrons. The van der Waals surface area contributed by atoms with Gasteiger partial charge in [-0.1, -0.05) is 65.7 Å². The summed E-state index contributed by atoms with van der Waals surface area (Å²) in [5, 5.41) is 0. The van der Waals surface area contributed by atoms with Crippen LogP contribution < -0.4 is 0 Å². The highest BCUT2D eigenvalue weighted by molar-refractivity contribution is 4.66. The molecule has 1 aliphatic rings. The second kappa shape index (κ2) is 5.67. The van der Waals surface area contributed by atoms with Crippen LogP contribution in [0.3, 0.4) is 0 Å². The minimum atomic E-state index is 0.963. The minimum absolute atomic E-state index is 0.963. The fourth-order valence-electron chi connectivity index (χ4n) is 2.46. The van der Waals surface area contributed by atoms with Gasteiger partial charge >= 0.3 is 0 Å². The fraction of sp³-hybridized carbons (Fsp3) is 1.00. The Kier molecular flexibility index (Phi) is 4.83. The second-order valence-corrected chi connectivity index (χ2v) is 5.28. The van der Waals surface area contributed by atoms with Crippen LogP contribution in [0.4, 0.5) is 0 Å². The molecule has 78 valence electrons. The van der Waals surface area contributed by atoms with E-state index in [1.165, 1.54) is 44.9 Å². The van der Waals surface area contributed by atoms with Crippen LogP contribution in [0.15, 0.2) is 0 Å². The highest BCUT2D eigenvalue weighted by Gasteiger charge is 2.14. The van der Waals surface area contributed by atoms with Gasteiger partial charge in [-0.2, -0.15) is 0 Å². The Hall–Kier alpha value is 0. The van der Waals surface area contributed by atoms with Crippen molar-refractivity contribution in [2.24, 2.45) is 17.8 Å². The molecule has 0 aliphatic heterocycles. The Morgan fingerprint density at radius 3 is 1.77 bits per heavy atom. The zero-order valence-electron chi connectivity index (χ0n) is 9.68. The maximum absolute atomic E-state index is 2.44. The predicted molar refractivity (Wildman–Crippen MR) is 59.8 cm³/mol. The van der Waals surface area contributed by atoms with Crippen LogP contribution >= 0.6 is 0 Å². The molecular formula is C13H26. The Balaban J connectivity index is 2.33. The van der Waals surface area contributed by atoms with Gasteiger partial charge in [-0.25, -0.2) is 0 Å². The molecule has 0 heteroatoms. The van der Waals surface area contributed by atoms with E-state index < -0.39 is 0 Å². The van der Waals surface area contributed by atoms with E-state index in [0.29, 0.717) is 0 Å². The lowest BCUT2D eigenvalue weighted by Gasteiger charge is -2.23. The van der Waals surface area contributed by atoms with Crippen LogP contribution in [0, 0.1) is 17.8 Å². The Morgan fingerprint density at radius 2 is 1.08 bits per heavy atom. The van der Waals surface area contributed by atoms with E-state index >= 15 is 0 Å². The maximum Gasteiger partial charge on any atom is -0.0417 e. The first-order valence-corrected chi connectivity index (χ1v) is 6.20. The Morgan fingerprint density at radius 1 is 0.615 bits per heavy atom. The van der Waals surface area contributed by atoms with Gasteiger partial charge in [0.2, 0.25) is 0 Å². The van der Waals surface area contributed by atoms with E-state index in [2.05, 4.69) is 20.8 Å². The highest BCUT2D eigenvalue weighted by Crippen LogP contribution is 2.27. The number of hydrogen-bond donors (Lipinski definition) is 0. The van der Waals surface area contributed by atoms with E-state index in [0.717, 1.165) is 17.8 Å². The van der Waals surface area contributed by atoms with Crippen LogP contribution in [0.2, 0.25) is 0 Å². The molecule has 1 fully saturated rings. The molecule has 1 rings (SSSR count). The van der Waals surface area contributed by atoms with E-state index in [4.69, 9.17) is 0 Å². The Labute approximate surface area is 84.1 Å². The molecule has 0 spiro atoms. The van der Waals surface area contributed by atoms with Crippen LogP contribution in [-0.2, 0) is 0 Å². The predicted octanol–water partition coefficient (Wildman–Crippen LogP) is 4.64. The van der Waals surface area contributed by atoms with Gasteiger partial charge < -0.3 is 0 Å². The zero-order valence-corrected chi connectivity index (χ0v) is 9.68. The average molecular weight is 182 g/mol. The summed E-state index contributed by atoms with van der Waals surface area (Å²) in [6.45, 7) is 7.31. The molecule has 0 aromatic carbocycles. The van der Waals surface area contributed by atoms with Gasteiger partial charge in [0.25, 0.3) is 0 Å².